The van der Waals surface area contributed by atoms with Crippen LogP contribution in [0.1, 0.15) is 28.0 Å². The molecule has 6 heteroatoms. The van der Waals surface area contributed by atoms with Gasteiger partial charge in [-0.3, -0.25) is 9.36 Å². The molecule has 5 nitrogen and oxygen atoms in total. The van der Waals surface area contributed by atoms with Gasteiger partial charge in [-0.1, -0.05) is 54.2 Å². The van der Waals surface area contributed by atoms with E-state index in [-0.39, 0.29) is 11.5 Å². The number of thioether (sulfide) groups is 1. The molecule has 1 aliphatic carbocycles. The maximum atomic E-state index is 13.6. The van der Waals surface area contributed by atoms with Crippen molar-refractivity contribution in [2.75, 3.05) is 26.0 Å². The lowest BCUT2D eigenvalue weighted by Crippen LogP contribution is -2.51. The summed E-state index contributed by atoms with van der Waals surface area (Å²) in [7, 11) is 0. The van der Waals surface area contributed by atoms with E-state index in [1.54, 1.807) is 18.0 Å². The lowest BCUT2D eigenvalue weighted by atomic mass is 9.93. The molecule has 2 aliphatic rings. The molecule has 0 bridgehead atoms. The molecule has 1 unspecified atom stereocenters. The van der Waals surface area contributed by atoms with E-state index in [2.05, 4.69) is 29.2 Å². The number of nitrogens with zero attached hydrogens (tertiary/aromatic N) is 3. The number of amides is 1. The average molecular weight is 406 g/mol. The van der Waals surface area contributed by atoms with E-state index >= 15 is 0 Å². The van der Waals surface area contributed by atoms with Crippen molar-refractivity contribution in [3.63, 3.8) is 0 Å². The number of morpholine rings is 1. The molecule has 29 heavy (non-hydrogen) atoms. The first kappa shape index (κ1) is 18.5. The van der Waals surface area contributed by atoms with Crippen molar-refractivity contribution in [1.82, 2.24) is 14.5 Å². The first-order valence-corrected chi connectivity index (χ1v) is 11.1. The Morgan fingerprint density at radius 3 is 2.76 bits per heavy atom. The largest absolute Gasteiger partial charge is 0.367 e. The predicted octanol–water partition coefficient (Wildman–Crippen LogP) is 3.91. The Morgan fingerprint density at radius 1 is 1.14 bits per heavy atom. The van der Waals surface area contributed by atoms with Crippen molar-refractivity contribution in [3.8, 4) is 5.69 Å². The third-order valence-corrected chi connectivity index (χ3v) is 6.58. The summed E-state index contributed by atoms with van der Waals surface area (Å²) < 4.78 is 8.25. The van der Waals surface area contributed by atoms with Gasteiger partial charge in [0.2, 0.25) is 0 Å². The standard InChI is InChI=1S/C23H23N3O2S/c1-29-22-24-15-20(26(22)18-8-3-2-4-9-18)21(27)25-13-14-28-23(16-25)12-11-17-7-5-6-10-19(17)23/h2-10,15H,11-14,16H2,1H3. The van der Waals surface area contributed by atoms with Crippen LogP contribution in [0, 0.1) is 0 Å². The van der Waals surface area contributed by atoms with Gasteiger partial charge < -0.3 is 9.64 Å². The zero-order valence-electron chi connectivity index (χ0n) is 16.4. The summed E-state index contributed by atoms with van der Waals surface area (Å²) in [6, 6.07) is 18.4. The molecule has 0 saturated carbocycles. The molecule has 148 valence electrons. The lowest BCUT2D eigenvalue weighted by Gasteiger charge is -2.41. The molecule has 1 aromatic heterocycles. The first-order chi connectivity index (χ1) is 14.2. The van der Waals surface area contributed by atoms with Gasteiger partial charge in [0.15, 0.2) is 5.16 Å². The predicted molar refractivity (Wildman–Crippen MR) is 114 cm³/mol. The Bertz CT molecular complexity index is 1050. The number of benzene rings is 2. The highest BCUT2D eigenvalue weighted by Gasteiger charge is 2.44. The number of fused-ring (bicyclic) bond motifs is 2. The summed E-state index contributed by atoms with van der Waals surface area (Å²) in [5.41, 5.74) is 3.74. The van der Waals surface area contributed by atoms with Gasteiger partial charge in [-0.05, 0) is 42.4 Å². The molecule has 1 amide bonds. The first-order valence-electron chi connectivity index (χ1n) is 9.91. The summed E-state index contributed by atoms with van der Waals surface area (Å²) in [5.74, 6) is 0.00806. The monoisotopic (exact) mass is 405 g/mol. The fourth-order valence-corrected chi connectivity index (χ4v) is 5.09. The number of rotatable bonds is 3. The van der Waals surface area contributed by atoms with Crippen molar-refractivity contribution in [2.24, 2.45) is 0 Å². The molecule has 3 aromatic rings. The number of para-hydroxylation sites is 1. The van der Waals surface area contributed by atoms with Crippen LogP contribution in [-0.4, -0.2) is 46.3 Å². The second-order valence-corrected chi connectivity index (χ2v) is 8.30. The van der Waals surface area contributed by atoms with Gasteiger partial charge >= 0.3 is 0 Å². The molecule has 0 N–H and O–H groups in total. The fraction of sp³-hybridized carbons (Fsp3) is 0.304. The topological polar surface area (TPSA) is 47.4 Å². The molecule has 1 aliphatic heterocycles. The molecule has 1 atom stereocenters. The minimum atomic E-state index is -0.384. The highest BCUT2D eigenvalue weighted by molar-refractivity contribution is 7.98. The van der Waals surface area contributed by atoms with E-state index in [1.165, 1.54) is 11.1 Å². The zero-order valence-corrected chi connectivity index (χ0v) is 17.2. The zero-order chi connectivity index (χ0) is 19.8. The molecule has 1 saturated heterocycles. The van der Waals surface area contributed by atoms with Crippen LogP contribution in [-0.2, 0) is 16.8 Å². The highest BCUT2D eigenvalue weighted by atomic mass is 32.2. The summed E-state index contributed by atoms with van der Waals surface area (Å²) in [4.78, 5) is 20.0. The number of ether oxygens (including phenoxy) is 1. The second-order valence-electron chi connectivity index (χ2n) is 7.53. The third-order valence-electron chi connectivity index (χ3n) is 5.92. The minimum Gasteiger partial charge on any atom is -0.367 e. The Hall–Kier alpha value is -2.57. The van der Waals surface area contributed by atoms with Gasteiger partial charge in [0.1, 0.15) is 11.3 Å². The maximum absolute atomic E-state index is 13.6. The van der Waals surface area contributed by atoms with Crippen molar-refractivity contribution in [1.29, 1.82) is 0 Å². The van der Waals surface area contributed by atoms with Crippen LogP contribution in [0.15, 0.2) is 66.0 Å². The smallest absolute Gasteiger partial charge is 0.272 e. The van der Waals surface area contributed by atoms with Crippen LogP contribution in [0.2, 0.25) is 0 Å². The van der Waals surface area contributed by atoms with E-state index in [0.717, 1.165) is 23.7 Å². The normalized spacial score (nSPS) is 20.8. The van der Waals surface area contributed by atoms with E-state index in [4.69, 9.17) is 4.74 Å². The highest BCUT2D eigenvalue weighted by Crippen LogP contribution is 2.42. The number of aromatic nitrogens is 2. The number of hydrogen-bond donors (Lipinski definition) is 0. The van der Waals surface area contributed by atoms with Crippen LogP contribution in [0.25, 0.3) is 5.69 Å². The Kier molecular flexibility index (Phi) is 4.68. The van der Waals surface area contributed by atoms with Crippen LogP contribution in [0.5, 0.6) is 0 Å². The number of carbonyl (C=O) groups excluding carboxylic acids is 1. The van der Waals surface area contributed by atoms with Crippen molar-refractivity contribution in [3.05, 3.63) is 77.6 Å². The van der Waals surface area contributed by atoms with E-state index in [0.29, 0.717) is 25.4 Å². The Morgan fingerprint density at radius 2 is 1.93 bits per heavy atom. The molecule has 2 aromatic carbocycles. The van der Waals surface area contributed by atoms with E-state index < -0.39 is 0 Å². The third kappa shape index (κ3) is 3.07. The lowest BCUT2D eigenvalue weighted by molar-refractivity contribution is -0.104. The maximum Gasteiger partial charge on any atom is 0.272 e. The van der Waals surface area contributed by atoms with Crippen molar-refractivity contribution < 1.29 is 9.53 Å². The second kappa shape index (κ2) is 7.35. The van der Waals surface area contributed by atoms with Crippen LogP contribution < -0.4 is 0 Å². The van der Waals surface area contributed by atoms with Gasteiger partial charge in [-0.2, -0.15) is 0 Å². The number of carbonyl (C=O) groups is 1. The number of imidazole rings is 1. The van der Waals surface area contributed by atoms with Crippen LogP contribution in [0.4, 0.5) is 0 Å². The molecule has 2 heterocycles. The van der Waals surface area contributed by atoms with Crippen LogP contribution >= 0.6 is 11.8 Å². The van der Waals surface area contributed by atoms with Crippen molar-refractivity contribution in [2.45, 2.75) is 23.6 Å². The summed E-state index contributed by atoms with van der Waals surface area (Å²) in [6.07, 6.45) is 5.60. The van der Waals surface area contributed by atoms with Gasteiger partial charge in [0, 0.05) is 12.2 Å². The average Bonchev–Trinajstić information content (AvgIpc) is 3.36. The molecule has 1 spiro atoms. The minimum absolute atomic E-state index is 0.00806. The summed E-state index contributed by atoms with van der Waals surface area (Å²) in [5, 5.41) is 0.814. The summed E-state index contributed by atoms with van der Waals surface area (Å²) in [6.45, 7) is 1.73. The van der Waals surface area contributed by atoms with Gasteiger partial charge in [-0.15, -0.1) is 0 Å². The van der Waals surface area contributed by atoms with Crippen LogP contribution in [0.3, 0.4) is 0 Å². The van der Waals surface area contributed by atoms with E-state index in [9.17, 15) is 4.79 Å². The fourth-order valence-electron chi connectivity index (χ4n) is 4.54. The molecular weight excluding hydrogens is 382 g/mol. The molecule has 1 fully saturated rings. The van der Waals surface area contributed by atoms with Gasteiger partial charge in [0.25, 0.3) is 5.91 Å². The van der Waals surface area contributed by atoms with Gasteiger partial charge in [0.05, 0.1) is 19.3 Å². The SMILES string of the molecule is CSc1ncc(C(=O)N2CCOC3(CCc4ccccc43)C2)n1-c1ccccc1. The van der Waals surface area contributed by atoms with E-state index in [1.807, 2.05) is 46.1 Å². The van der Waals surface area contributed by atoms with Crippen molar-refractivity contribution >= 4 is 17.7 Å². The summed E-state index contributed by atoms with van der Waals surface area (Å²) >= 11 is 1.54. The molecular formula is C23H23N3O2S. The Labute approximate surface area is 174 Å². The molecule has 0 radical (unpaired) electrons. The quantitative estimate of drug-likeness (QED) is 0.620. The number of hydrogen-bond acceptors (Lipinski definition) is 4. The van der Waals surface area contributed by atoms with Gasteiger partial charge in [-0.25, -0.2) is 4.98 Å². The molecule has 5 rings (SSSR count). The Balaban J connectivity index is 1.49. The number of aryl methyl sites for hydroxylation is 1.